The molecule has 2 nitrogen and oxygen atoms in total. The predicted octanol–water partition coefficient (Wildman–Crippen LogP) is 4.62. The second kappa shape index (κ2) is 5.98. The highest BCUT2D eigenvalue weighted by Crippen LogP contribution is 2.41. The van der Waals surface area contributed by atoms with E-state index in [4.69, 9.17) is 4.74 Å². The molecule has 2 unspecified atom stereocenters. The third kappa shape index (κ3) is 2.74. The van der Waals surface area contributed by atoms with Gasteiger partial charge in [0.25, 0.3) is 0 Å². The van der Waals surface area contributed by atoms with Gasteiger partial charge in [0, 0.05) is 23.6 Å². The highest BCUT2D eigenvalue weighted by Gasteiger charge is 2.29. The van der Waals surface area contributed by atoms with Gasteiger partial charge in [-0.05, 0) is 42.8 Å². The van der Waals surface area contributed by atoms with Gasteiger partial charge in [-0.1, -0.05) is 24.6 Å². The Labute approximate surface area is 124 Å². The molecule has 0 radical (unpaired) electrons. The molecular formula is C17H21NOS. The Hall–Kier alpha value is -1.32. The molecule has 0 aliphatic carbocycles. The lowest BCUT2D eigenvalue weighted by Crippen LogP contribution is -2.29. The molecule has 0 saturated carbocycles. The number of benzene rings is 1. The van der Waals surface area contributed by atoms with E-state index in [-0.39, 0.29) is 6.10 Å². The van der Waals surface area contributed by atoms with Gasteiger partial charge in [-0.25, -0.2) is 0 Å². The van der Waals surface area contributed by atoms with Crippen molar-refractivity contribution in [2.75, 3.05) is 6.54 Å². The average Bonchev–Trinajstić information content (AvgIpc) is 2.99. The largest absolute Gasteiger partial charge is 0.485 e. The van der Waals surface area contributed by atoms with E-state index in [1.165, 1.54) is 16.7 Å². The van der Waals surface area contributed by atoms with Gasteiger partial charge in [0.1, 0.15) is 11.9 Å². The molecule has 2 atom stereocenters. The third-order valence-electron chi connectivity index (χ3n) is 3.82. The standard InChI is InChI=1S/C17H21NOS/c1-3-7-18-15-10-17(13-6-8-20-11-13)19-16-5-4-12(2)9-14(15)16/h4-6,8-9,11,15,17-18H,3,7,10H2,1-2H3. The first-order chi connectivity index (χ1) is 9.78. The van der Waals surface area contributed by atoms with Crippen molar-refractivity contribution < 1.29 is 4.74 Å². The van der Waals surface area contributed by atoms with E-state index >= 15 is 0 Å². The topological polar surface area (TPSA) is 21.3 Å². The molecule has 3 heteroatoms. The van der Waals surface area contributed by atoms with Crippen LogP contribution >= 0.6 is 11.3 Å². The quantitative estimate of drug-likeness (QED) is 0.886. The van der Waals surface area contributed by atoms with E-state index in [1.807, 2.05) is 0 Å². The number of rotatable bonds is 4. The summed E-state index contributed by atoms with van der Waals surface area (Å²) < 4.78 is 6.21. The Morgan fingerprint density at radius 3 is 3.00 bits per heavy atom. The van der Waals surface area contributed by atoms with E-state index in [0.717, 1.165) is 25.1 Å². The number of ether oxygens (including phenoxy) is 1. The van der Waals surface area contributed by atoms with Crippen LogP contribution in [0.4, 0.5) is 0 Å². The zero-order chi connectivity index (χ0) is 13.9. The SMILES string of the molecule is CCCNC1CC(c2ccsc2)Oc2ccc(C)cc21. The first-order valence-electron chi connectivity index (χ1n) is 7.30. The maximum absolute atomic E-state index is 6.21. The maximum Gasteiger partial charge on any atom is 0.126 e. The smallest absolute Gasteiger partial charge is 0.126 e. The van der Waals surface area contributed by atoms with Gasteiger partial charge in [-0.3, -0.25) is 0 Å². The van der Waals surface area contributed by atoms with Crippen LogP contribution in [-0.4, -0.2) is 6.54 Å². The number of thiophene rings is 1. The minimum atomic E-state index is 0.172. The van der Waals surface area contributed by atoms with Crippen LogP contribution in [0.5, 0.6) is 5.75 Å². The Morgan fingerprint density at radius 1 is 1.35 bits per heavy atom. The Balaban J connectivity index is 1.90. The molecular weight excluding hydrogens is 266 g/mol. The number of nitrogens with one attached hydrogen (secondary N) is 1. The molecule has 1 aromatic heterocycles. The van der Waals surface area contributed by atoms with Crippen LogP contribution in [0.25, 0.3) is 0 Å². The van der Waals surface area contributed by atoms with Crippen molar-refractivity contribution in [3.8, 4) is 5.75 Å². The maximum atomic E-state index is 6.21. The summed E-state index contributed by atoms with van der Waals surface area (Å²) >= 11 is 1.74. The fourth-order valence-electron chi connectivity index (χ4n) is 2.76. The van der Waals surface area contributed by atoms with E-state index in [9.17, 15) is 0 Å². The summed E-state index contributed by atoms with van der Waals surface area (Å²) in [5.41, 5.74) is 3.90. The summed E-state index contributed by atoms with van der Waals surface area (Å²) in [6.45, 7) is 5.40. The van der Waals surface area contributed by atoms with Gasteiger partial charge in [-0.2, -0.15) is 11.3 Å². The zero-order valence-corrected chi connectivity index (χ0v) is 12.9. The summed E-state index contributed by atoms with van der Waals surface area (Å²) in [6, 6.07) is 9.07. The average molecular weight is 287 g/mol. The van der Waals surface area contributed by atoms with Crippen molar-refractivity contribution in [1.29, 1.82) is 0 Å². The first kappa shape index (κ1) is 13.7. The van der Waals surface area contributed by atoms with Gasteiger partial charge in [-0.15, -0.1) is 0 Å². The molecule has 106 valence electrons. The monoisotopic (exact) mass is 287 g/mol. The second-order valence-corrected chi connectivity index (χ2v) is 6.23. The fraction of sp³-hybridized carbons (Fsp3) is 0.412. The molecule has 0 spiro atoms. The molecule has 0 saturated heterocycles. The minimum Gasteiger partial charge on any atom is -0.485 e. The molecule has 0 amide bonds. The van der Waals surface area contributed by atoms with Gasteiger partial charge < -0.3 is 10.1 Å². The van der Waals surface area contributed by atoms with Crippen molar-refractivity contribution in [3.05, 3.63) is 51.7 Å². The van der Waals surface area contributed by atoms with Crippen LogP contribution in [0.1, 0.15) is 48.6 Å². The van der Waals surface area contributed by atoms with Crippen molar-refractivity contribution in [1.82, 2.24) is 5.32 Å². The molecule has 2 heterocycles. The highest BCUT2D eigenvalue weighted by molar-refractivity contribution is 7.07. The Kier molecular flexibility index (Phi) is 4.08. The van der Waals surface area contributed by atoms with Crippen LogP contribution in [0, 0.1) is 6.92 Å². The predicted molar refractivity (Wildman–Crippen MR) is 84.5 cm³/mol. The van der Waals surface area contributed by atoms with Crippen LogP contribution < -0.4 is 10.1 Å². The second-order valence-electron chi connectivity index (χ2n) is 5.45. The highest BCUT2D eigenvalue weighted by atomic mass is 32.1. The lowest BCUT2D eigenvalue weighted by atomic mass is 9.93. The number of hydrogen-bond donors (Lipinski definition) is 1. The molecule has 0 fully saturated rings. The van der Waals surface area contributed by atoms with Crippen LogP contribution in [0.15, 0.2) is 35.0 Å². The third-order valence-corrected chi connectivity index (χ3v) is 4.52. The molecule has 1 aromatic carbocycles. The van der Waals surface area contributed by atoms with Gasteiger partial charge in [0.05, 0.1) is 0 Å². The van der Waals surface area contributed by atoms with Gasteiger partial charge in [0.15, 0.2) is 0 Å². The van der Waals surface area contributed by atoms with E-state index in [2.05, 4.69) is 54.2 Å². The van der Waals surface area contributed by atoms with E-state index in [1.54, 1.807) is 11.3 Å². The zero-order valence-electron chi connectivity index (χ0n) is 12.1. The van der Waals surface area contributed by atoms with Gasteiger partial charge in [0.2, 0.25) is 0 Å². The van der Waals surface area contributed by atoms with E-state index in [0.29, 0.717) is 6.04 Å². The summed E-state index contributed by atoms with van der Waals surface area (Å²) in [4.78, 5) is 0. The normalized spacial score (nSPS) is 21.3. The van der Waals surface area contributed by atoms with Crippen molar-refractivity contribution in [3.63, 3.8) is 0 Å². The fourth-order valence-corrected chi connectivity index (χ4v) is 3.47. The molecule has 1 aliphatic rings. The summed E-state index contributed by atoms with van der Waals surface area (Å²) in [6.07, 6.45) is 2.33. The molecule has 0 bridgehead atoms. The summed E-state index contributed by atoms with van der Waals surface area (Å²) in [5.74, 6) is 1.03. The number of fused-ring (bicyclic) bond motifs is 1. The molecule has 1 aliphatic heterocycles. The van der Waals surface area contributed by atoms with E-state index < -0.39 is 0 Å². The Morgan fingerprint density at radius 2 is 2.25 bits per heavy atom. The number of hydrogen-bond acceptors (Lipinski definition) is 3. The van der Waals surface area contributed by atoms with Crippen LogP contribution in [0.2, 0.25) is 0 Å². The van der Waals surface area contributed by atoms with Gasteiger partial charge >= 0.3 is 0 Å². The van der Waals surface area contributed by atoms with Crippen molar-refractivity contribution in [2.24, 2.45) is 0 Å². The molecule has 1 N–H and O–H groups in total. The van der Waals surface area contributed by atoms with Crippen molar-refractivity contribution in [2.45, 2.75) is 38.8 Å². The van der Waals surface area contributed by atoms with Crippen molar-refractivity contribution >= 4 is 11.3 Å². The lowest BCUT2D eigenvalue weighted by molar-refractivity contribution is 0.152. The molecule has 2 aromatic rings. The summed E-state index contributed by atoms with van der Waals surface area (Å²) in [7, 11) is 0. The Bertz CT molecular complexity index is 564. The number of aryl methyl sites for hydroxylation is 1. The first-order valence-corrected chi connectivity index (χ1v) is 8.25. The minimum absolute atomic E-state index is 0.172. The molecule has 20 heavy (non-hydrogen) atoms. The summed E-state index contributed by atoms with van der Waals surface area (Å²) in [5, 5.41) is 7.99. The van der Waals surface area contributed by atoms with Crippen LogP contribution in [0.3, 0.4) is 0 Å². The molecule has 3 rings (SSSR count). The van der Waals surface area contributed by atoms with Crippen LogP contribution in [-0.2, 0) is 0 Å². The lowest BCUT2D eigenvalue weighted by Gasteiger charge is -2.33.